The lowest BCUT2D eigenvalue weighted by molar-refractivity contribution is 0.232. The normalized spacial score (nSPS) is 17.1. The van der Waals surface area contributed by atoms with E-state index in [1.165, 1.54) is 5.56 Å². The largest absolute Gasteiger partial charge is 0.496 e. The molecule has 1 aromatic carbocycles. The molecule has 1 fully saturated rings. The van der Waals surface area contributed by atoms with E-state index >= 15 is 0 Å². The van der Waals surface area contributed by atoms with E-state index in [2.05, 4.69) is 26.1 Å². The maximum Gasteiger partial charge on any atom is 0.134 e. The number of ether oxygens (including phenoxy) is 1. The van der Waals surface area contributed by atoms with Crippen molar-refractivity contribution in [3.05, 3.63) is 27.2 Å². The van der Waals surface area contributed by atoms with E-state index in [-0.39, 0.29) is 0 Å². The van der Waals surface area contributed by atoms with Gasteiger partial charge in [0.15, 0.2) is 0 Å². The predicted molar refractivity (Wildman–Crippen MR) is 73.9 cm³/mol. The quantitative estimate of drug-likeness (QED) is 0.926. The molecule has 17 heavy (non-hydrogen) atoms. The summed E-state index contributed by atoms with van der Waals surface area (Å²) >= 11 is 9.66. The van der Waals surface area contributed by atoms with Gasteiger partial charge in [-0.2, -0.15) is 0 Å². The van der Waals surface area contributed by atoms with Crippen LogP contribution in [0.4, 0.5) is 0 Å². The molecule has 3 nitrogen and oxygen atoms in total. The Morgan fingerprint density at radius 1 is 1.41 bits per heavy atom. The SMILES string of the molecule is COc1cc(Cl)cc(CN2CCNCC2)c1Br. The summed E-state index contributed by atoms with van der Waals surface area (Å²) in [6.07, 6.45) is 0. The van der Waals surface area contributed by atoms with Gasteiger partial charge in [-0.05, 0) is 33.6 Å². The zero-order chi connectivity index (χ0) is 12.3. The Labute approximate surface area is 115 Å². The minimum atomic E-state index is 0.718. The van der Waals surface area contributed by atoms with Crippen LogP contribution in [-0.4, -0.2) is 38.2 Å². The average Bonchev–Trinajstić information content (AvgIpc) is 2.34. The number of nitrogens with zero attached hydrogens (tertiary/aromatic N) is 1. The number of piperazine rings is 1. The standard InChI is InChI=1S/C12H16BrClN2O/c1-17-11-7-10(14)6-9(12(11)13)8-16-4-2-15-3-5-16/h6-7,15H,2-5,8H2,1H3. The van der Waals surface area contributed by atoms with E-state index in [4.69, 9.17) is 16.3 Å². The van der Waals surface area contributed by atoms with Crippen LogP contribution in [0.2, 0.25) is 5.02 Å². The zero-order valence-electron chi connectivity index (χ0n) is 9.80. The fourth-order valence-corrected chi connectivity index (χ4v) is 2.74. The lowest BCUT2D eigenvalue weighted by Gasteiger charge is -2.27. The molecule has 1 aliphatic rings. The highest BCUT2D eigenvalue weighted by Crippen LogP contribution is 2.32. The molecule has 5 heteroatoms. The van der Waals surface area contributed by atoms with Gasteiger partial charge in [0.2, 0.25) is 0 Å². The number of nitrogens with one attached hydrogen (secondary N) is 1. The van der Waals surface area contributed by atoms with Crippen molar-refractivity contribution < 1.29 is 4.74 Å². The molecule has 0 aliphatic carbocycles. The highest BCUT2D eigenvalue weighted by molar-refractivity contribution is 9.10. The summed E-state index contributed by atoms with van der Waals surface area (Å²) in [6, 6.07) is 3.82. The van der Waals surface area contributed by atoms with Crippen LogP contribution in [-0.2, 0) is 6.54 Å². The Bertz CT molecular complexity index is 394. The first-order valence-electron chi connectivity index (χ1n) is 5.65. The lowest BCUT2D eigenvalue weighted by atomic mass is 10.2. The molecule has 0 unspecified atom stereocenters. The zero-order valence-corrected chi connectivity index (χ0v) is 12.1. The van der Waals surface area contributed by atoms with Gasteiger partial charge in [-0.15, -0.1) is 0 Å². The first-order chi connectivity index (χ1) is 8.20. The summed E-state index contributed by atoms with van der Waals surface area (Å²) < 4.78 is 6.30. The minimum absolute atomic E-state index is 0.718. The molecular formula is C12H16BrClN2O. The summed E-state index contributed by atoms with van der Waals surface area (Å²) in [5, 5.41) is 4.06. The third-order valence-electron chi connectivity index (χ3n) is 2.90. The van der Waals surface area contributed by atoms with Gasteiger partial charge in [-0.3, -0.25) is 4.90 Å². The molecule has 0 bridgehead atoms. The number of hydrogen-bond acceptors (Lipinski definition) is 3. The van der Waals surface area contributed by atoms with E-state index < -0.39 is 0 Å². The molecule has 0 amide bonds. The minimum Gasteiger partial charge on any atom is -0.496 e. The van der Waals surface area contributed by atoms with E-state index in [1.54, 1.807) is 7.11 Å². The second kappa shape index (κ2) is 6.05. The third kappa shape index (κ3) is 3.35. The Morgan fingerprint density at radius 2 is 2.12 bits per heavy atom. The second-order valence-corrected chi connectivity index (χ2v) is 5.34. The smallest absolute Gasteiger partial charge is 0.134 e. The Hall–Kier alpha value is -0.290. The van der Waals surface area contributed by atoms with Crippen molar-refractivity contribution in [2.45, 2.75) is 6.54 Å². The summed E-state index contributed by atoms with van der Waals surface area (Å²) in [6.45, 7) is 5.15. The molecule has 0 spiro atoms. The van der Waals surface area contributed by atoms with E-state index in [1.807, 2.05) is 12.1 Å². The van der Waals surface area contributed by atoms with Crippen LogP contribution < -0.4 is 10.1 Å². The third-order valence-corrected chi connectivity index (χ3v) is 4.02. The van der Waals surface area contributed by atoms with Crippen molar-refractivity contribution in [3.63, 3.8) is 0 Å². The molecule has 1 saturated heterocycles. The maximum absolute atomic E-state index is 6.09. The van der Waals surface area contributed by atoms with Crippen molar-refractivity contribution in [1.29, 1.82) is 0 Å². The van der Waals surface area contributed by atoms with Crippen molar-refractivity contribution in [3.8, 4) is 5.75 Å². The Morgan fingerprint density at radius 3 is 2.76 bits per heavy atom. The molecule has 94 valence electrons. The van der Waals surface area contributed by atoms with Crippen LogP contribution in [0.1, 0.15) is 5.56 Å². The van der Waals surface area contributed by atoms with Gasteiger partial charge in [-0.25, -0.2) is 0 Å². The monoisotopic (exact) mass is 318 g/mol. The highest BCUT2D eigenvalue weighted by atomic mass is 79.9. The van der Waals surface area contributed by atoms with Crippen molar-refractivity contribution in [2.24, 2.45) is 0 Å². The number of benzene rings is 1. The number of hydrogen-bond donors (Lipinski definition) is 1. The van der Waals surface area contributed by atoms with E-state index in [0.717, 1.165) is 48.0 Å². The summed E-state index contributed by atoms with van der Waals surface area (Å²) in [7, 11) is 1.66. The fourth-order valence-electron chi connectivity index (χ4n) is 1.99. The number of rotatable bonds is 3. The molecule has 0 saturated carbocycles. The summed E-state index contributed by atoms with van der Waals surface area (Å²) in [5.74, 6) is 0.794. The predicted octanol–water partition coefficient (Wildman–Crippen LogP) is 2.52. The Balaban J connectivity index is 2.16. The maximum atomic E-state index is 6.09. The number of methoxy groups -OCH3 is 1. The van der Waals surface area contributed by atoms with E-state index in [0.29, 0.717) is 0 Å². The second-order valence-electron chi connectivity index (χ2n) is 4.11. The molecule has 1 aromatic rings. The molecular weight excluding hydrogens is 304 g/mol. The van der Waals surface area contributed by atoms with Gasteiger partial charge < -0.3 is 10.1 Å². The lowest BCUT2D eigenvalue weighted by Crippen LogP contribution is -2.42. The van der Waals surface area contributed by atoms with Crippen molar-refractivity contribution in [1.82, 2.24) is 10.2 Å². The molecule has 0 atom stereocenters. The van der Waals surface area contributed by atoms with Crippen molar-refractivity contribution >= 4 is 27.5 Å². The Kier molecular flexibility index (Phi) is 4.68. The van der Waals surface area contributed by atoms with Crippen LogP contribution in [0, 0.1) is 0 Å². The van der Waals surface area contributed by atoms with Gasteiger partial charge in [0.1, 0.15) is 5.75 Å². The molecule has 0 radical (unpaired) electrons. The van der Waals surface area contributed by atoms with Gasteiger partial charge in [0.05, 0.1) is 11.6 Å². The number of halogens is 2. The summed E-state index contributed by atoms with van der Waals surface area (Å²) in [4.78, 5) is 2.41. The van der Waals surface area contributed by atoms with Crippen LogP contribution >= 0.6 is 27.5 Å². The van der Waals surface area contributed by atoms with Gasteiger partial charge in [-0.1, -0.05) is 11.6 Å². The van der Waals surface area contributed by atoms with Gasteiger partial charge in [0.25, 0.3) is 0 Å². The van der Waals surface area contributed by atoms with Crippen LogP contribution in [0.15, 0.2) is 16.6 Å². The fraction of sp³-hybridized carbons (Fsp3) is 0.500. The van der Waals surface area contributed by atoms with Crippen LogP contribution in [0.25, 0.3) is 0 Å². The topological polar surface area (TPSA) is 24.5 Å². The summed E-state index contributed by atoms with van der Waals surface area (Å²) in [5.41, 5.74) is 1.18. The molecule has 1 N–H and O–H groups in total. The average molecular weight is 320 g/mol. The molecule has 2 rings (SSSR count). The first kappa shape index (κ1) is 13.1. The van der Waals surface area contributed by atoms with Crippen LogP contribution in [0.5, 0.6) is 5.75 Å². The molecule has 1 aliphatic heterocycles. The first-order valence-corrected chi connectivity index (χ1v) is 6.83. The van der Waals surface area contributed by atoms with Crippen molar-refractivity contribution in [2.75, 3.05) is 33.3 Å². The highest BCUT2D eigenvalue weighted by Gasteiger charge is 2.14. The van der Waals surface area contributed by atoms with E-state index in [9.17, 15) is 0 Å². The molecule has 1 heterocycles. The molecule has 0 aromatic heterocycles. The van der Waals surface area contributed by atoms with Gasteiger partial charge in [0, 0.05) is 37.7 Å². The van der Waals surface area contributed by atoms with Crippen LogP contribution in [0.3, 0.4) is 0 Å². The van der Waals surface area contributed by atoms with Gasteiger partial charge >= 0.3 is 0 Å².